The molecule has 2 amide bonds. The summed E-state index contributed by atoms with van der Waals surface area (Å²) in [5.41, 5.74) is 17.4. The molecule has 1 saturated heterocycles. The molecule has 2 aliphatic heterocycles. The number of anilines is 3. The number of rotatable bonds is 8. The van der Waals surface area contributed by atoms with Crippen LogP contribution in [0.25, 0.3) is 0 Å². The van der Waals surface area contributed by atoms with Crippen molar-refractivity contribution < 1.29 is 24.3 Å². The Morgan fingerprint density at radius 1 is 1.34 bits per heavy atom. The van der Waals surface area contributed by atoms with Gasteiger partial charge in [0.25, 0.3) is 11.8 Å². The zero-order chi connectivity index (χ0) is 25.3. The number of thioether (sulfide) groups is 2. The Morgan fingerprint density at radius 3 is 2.74 bits per heavy atom. The van der Waals surface area contributed by atoms with E-state index >= 15 is 0 Å². The molecule has 17 heteroatoms. The van der Waals surface area contributed by atoms with Gasteiger partial charge in [0.05, 0.1) is 0 Å². The topological polar surface area (TPSA) is 225 Å². The number of oxime groups is 1. The zero-order valence-corrected chi connectivity index (χ0v) is 20.4. The van der Waals surface area contributed by atoms with Gasteiger partial charge >= 0.3 is 5.97 Å². The van der Waals surface area contributed by atoms with Gasteiger partial charge in [-0.1, -0.05) is 5.16 Å². The third kappa shape index (κ3) is 4.96. The molecule has 2 aromatic rings. The molecule has 2 atom stereocenters. The molecule has 2 aromatic heterocycles. The fraction of sp³-hybridized carbons (Fsp3) is 0.278. The van der Waals surface area contributed by atoms with Gasteiger partial charge in [0, 0.05) is 23.0 Å². The molecular formula is C18H19N9O5S3. The quantitative estimate of drug-likeness (QED) is 0.0947. The number of nitrogens with two attached hydrogens (primary N) is 3. The average Bonchev–Trinajstić information content (AvgIpc) is 3.23. The van der Waals surface area contributed by atoms with E-state index in [4.69, 9.17) is 22.0 Å². The molecule has 4 heterocycles. The number of hydrogen-bond acceptors (Lipinski definition) is 14. The molecule has 2 aliphatic rings. The van der Waals surface area contributed by atoms with Gasteiger partial charge in [-0.3, -0.25) is 14.5 Å². The van der Waals surface area contributed by atoms with Crippen LogP contribution in [0, 0.1) is 0 Å². The smallest absolute Gasteiger partial charge is 0.352 e. The lowest BCUT2D eigenvalue weighted by Crippen LogP contribution is -2.71. The fourth-order valence-electron chi connectivity index (χ4n) is 3.39. The number of nitrogens with one attached hydrogen (secondary N) is 1. The number of carboxylic acids is 1. The predicted molar refractivity (Wildman–Crippen MR) is 131 cm³/mol. The minimum absolute atomic E-state index is 0.00578. The second kappa shape index (κ2) is 9.96. The van der Waals surface area contributed by atoms with Crippen LogP contribution in [0.3, 0.4) is 0 Å². The molecule has 1 unspecified atom stereocenters. The summed E-state index contributed by atoms with van der Waals surface area (Å²) in [6.07, 6.45) is 0. The van der Waals surface area contributed by atoms with Crippen LogP contribution in [0.1, 0.15) is 5.69 Å². The highest BCUT2D eigenvalue weighted by molar-refractivity contribution is 8.01. The van der Waals surface area contributed by atoms with E-state index in [0.717, 1.165) is 11.3 Å². The number of carbonyl (C=O) groups is 3. The standard InChI is InChI=1S/C18H19N9O5S3/c1-32-26-10(7-5-35-18(21)22-7)13(28)25-11-14(29)27-12(16(30)31)6(4-34-15(11)27)3-33-9-2-8(19)23-17(20)24-9/h2,5,11,15H,3-4H2,1H3,(H2,21,22)(H,25,28)(H,30,31)(H4,19,20,23,24)/b26-10+/t11?,15-/m1/s1. The van der Waals surface area contributed by atoms with Crippen molar-refractivity contribution in [2.24, 2.45) is 5.16 Å². The third-order valence-corrected chi connectivity index (χ3v) is 7.84. The molecule has 0 bridgehead atoms. The number of aromatic nitrogens is 3. The van der Waals surface area contributed by atoms with Gasteiger partial charge in [0.15, 0.2) is 10.8 Å². The van der Waals surface area contributed by atoms with E-state index in [0.29, 0.717) is 16.4 Å². The lowest BCUT2D eigenvalue weighted by atomic mass is 10.0. The van der Waals surface area contributed by atoms with Crippen molar-refractivity contribution in [3.05, 3.63) is 28.4 Å². The lowest BCUT2D eigenvalue weighted by molar-refractivity contribution is -0.150. The largest absolute Gasteiger partial charge is 0.477 e. The Labute approximate surface area is 210 Å². The van der Waals surface area contributed by atoms with Crippen LogP contribution in [-0.2, 0) is 19.2 Å². The molecule has 184 valence electrons. The van der Waals surface area contributed by atoms with E-state index < -0.39 is 29.2 Å². The number of fused-ring (bicyclic) bond motifs is 1. The van der Waals surface area contributed by atoms with Gasteiger partial charge in [-0.05, 0) is 5.57 Å². The van der Waals surface area contributed by atoms with Crippen molar-refractivity contribution in [1.82, 2.24) is 25.2 Å². The number of nitrogen functional groups attached to an aromatic ring is 3. The van der Waals surface area contributed by atoms with Gasteiger partial charge < -0.3 is 32.5 Å². The van der Waals surface area contributed by atoms with Crippen molar-refractivity contribution in [3.63, 3.8) is 0 Å². The van der Waals surface area contributed by atoms with E-state index in [-0.39, 0.29) is 39.8 Å². The van der Waals surface area contributed by atoms with Gasteiger partial charge in [0.1, 0.15) is 40.8 Å². The molecule has 4 rings (SSSR count). The molecule has 1 fully saturated rings. The second-order valence-corrected chi connectivity index (χ2v) is 10.1. The normalized spacial score (nSPS) is 19.7. The Bertz CT molecular complexity index is 1240. The van der Waals surface area contributed by atoms with Crippen molar-refractivity contribution >= 4 is 75.3 Å². The molecule has 14 nitrogen and oxygen atoms in total. The van der Waals surface area contributed by atoms with Crippen LogP contribution >= 0.6 is 34.9 Å². The van der Waals surface area contributed by atoms with E-state index in [9.17, 15) is 19.5 Å². The summed E-state index contributed by atoms with van der Waals surface area (Å²) < 4.78 is 0. The first-order valence-corrected chi connectivity index (χ1v) is 12.7. The minimum Gasteiger partial charge on any atom is -0.477 e. The van der Waals surface area contributed by atoms with Crippen molar-refractivity contribution in [2.75, 3.05) is 35.8 Å². The fourth-order valence-corrected chi connectivity index (χ4v) is 6.34. The monoisotopic (exact) mass is 537 g/mol. The number of aliphatic carboxylic acids is 1. The third-order valence-electron chi connectivity index (χ3n) is 4.83. The summed E-state index contributed by atoms with van der Waals surface area (Å²) >= 11 is 3.68. The minimum atomic E-state index is -1.25. The number of nitrogens with zero attached hydrogens (tertiary/aromatic N) is 5. The summed E-state index contributed by atoms with van der Waals surface area (Å²) in [5.74, 6) is -1.73. The second-order valence-electron chi connectivity index (χ2n) is 7.09. The number of hydrogen-bond donors (Lipinski definition) is 5. The maximum absolute atomic E-state index is 12.9. The van der Waals surface area contributed by atoms with Crippen LogP contribution in [0.5, 0.6) is 0 Å². The first kappa shape index (κ1) is 24.6. The molecule has 0 spiro atoms. The lowest BCUT2D eigenvalue weighted by Gasteiger charge is -2.49. The van der Waals surface area contributed by atoms with Crippen LogP contribution in [0.15, 0.2) is 32.9 Å². The van der Waals surface area contributed by atoms with Crippen molar-refractivity contribution in [2.45, 2.75) is 16.4 Å². The number of β-lactam (4-membered cyclic amide) rings is 1. The van der Waals surface area contributed by atoms with Crippen LogP contribution in [-0.4, -0.2) is 78.5 Å². The molecule has 0 radical (unpaired) electrons. The zero-order valence-electron chi connectivity index (χ0n) is 18.0. The maximum Gasteiger partial charge on any atom is 0.352 e. The van der Waals surface area contributed by atoms with E-state index in [2.05, 4.69) is 25.4 Å². The number of carbonyl (C=O) groups excluding carboxylic acids is 2. The Morgan fingerprint density at radius 2 is 2.11 bits per heavy atom. The Kier molecular flexibility index (Phi) is 6.99. The van der Waals surface area contributed by atoms with Crippen molar-refractivity contribution in [3.8, 4) is 0 Å². The first-order valence-electron chi connectivity index (χ1n) is 9.75. The van der Waals surface area contributed by atoms with Crippen LogP contribution in [0.2, 0.25) is 0 Å². The number of thiazole rings is 1. The van der Waals surface area contributed by atoms with Crippen LogP contribution in [0.4, 0.5) is 16.9 Å². The highest BCUT2D eigenvalue weighted by Crippen LogP contribution is 2.41. The summed E-state index contributed by atoms with van der Waals surface area (Å²) in [5, 5.41) is 17.8. The molecule has 0 saturated carbocycles. The highest BCUT2D eigenvalue weighted by Gasteiger charge is 2.54. The van der Waals surface area contributed by atoms with Gasteiger partial charge in [0.2, 0.25) is 5.95 Å². The Hall–Kier alpha value is -3.57. The van der Waals surface area contributed by atoms with Gasteiger partial charge in [-0.25, -0.2) is 14.8 Å². The van der Waals surface area contributed by atoms with E-state index in [1.165, 1.54) is 47.0 Å². The number of carboxylic acid groups (broad SMARTS) is 1. The van der Waals surface area contributed by atoms with E-state index in [1.54, 1.807) is 0 Å². The Balaban J connectivity index is 1.49. The van der Waals surface area contributed by atoms with Gasteiger partial charge in [-0.2, -0.15) is 4.98 Å². The number of amides is 2. The average molecular weight is 538 g/mol. The summed E-state index contributed by atoms with van der Waals surface area (Å²) in [6.45, 7) is 0. The molecule has 0 aromatic carbocycles. The van der Waals surface area contributed by atoms with E-state index in [1.807, 2.05) is 0 Å². The summed E-state index contributed by atoms with van der Waals surface area (Å²) in [4.78, 5) is 55.6. The molecule has 8 N–H and O–H groups in total. The van der Waals surface area contributed by atoms with Crippen LogP contribution < -0.4 is 22.5 Å². The summed E-state index contributed by atoms with van der Waals surface area (Å²) in [6, 6.07) is 0.576. The van der Waals surface area contributed by atoms with Gasteiger partial charge in [-0.15, -0.1) is 34.9 Å². The van der Waals surface area contributed by atoms with Crippen molar-refractivity contribution in [1.29, 1.82) is 0 Å². The SMILES string of the molecule is CO/N=C(/C(=O)NC1C(=O)N2C(C(=O)O)=C(CSc3cc(N)nc(N)n3)CS[C@H]12)c1csc(N)n1. The molecule has 35 heavy (non-hydrogen) atoms. The molecule has 0 aliphatic carbocycles. The first-order chi connectivity index (χ1) is 16.7. The molecular weight excluding hydrogens is 518 g/mol. The maximum atomic E-state index is 12.9. The summed E-state index contributed by atoms with van der Waals surface area (Å²) in [7, 11) is 1.27. The predicted octanol–water partition coefficient (Wildman–Crippen LogP) is -0.439. The highest BCUT2D eigenvalue weighted by atomic mass is 32.2.